The molecule has 0 spiro atoms. The second kappa shape index (κ2) is 5.75. The molecule has 2 nitrogen and oxygen atoms in total. The van der Waals surface area contributed by atoms with Crippen molar-refractivity contribution in [1.29, 1.82) is 5.26 Å². The zero-order chi connectivity index (χ0) is 14.7. The van der Waals surface area contributed by atoms with Crippen LogP contribution in [0, 0.1) is 31.0 Å². The van der Waals surface area contributed by atoms with Crippen LogP contribution in [0.1, 0.15) is 35.2 Å². The van der Waals surface area contributed by atoms with Crippen molar-refractivity contribution in [2.45, 2.75) is 26.8 Å². The van der Waals surface area contributed by atoms with Gasteiger partial charge in [-0.05, 0) is 55.7 Å². The SMILES string of the molecule is Cc1ccc(C(C)Nc2ccc(F)c(C#N)c2)cc1C. The topological polar surface area (TPSA) is 35.8 Å². The van der Waals surface area contributed by atoms with Crippen LogP contribution in [0.15, 0.2) is 36.4 Å². The van der Waals surface area contributed by atoms with E-state index in [4.69, 9.17) is 5.26 Å². The Bertz CT molecular complexity index is 671. The Kier molecular flexibility index (Phi) is 4.05. The number of halogens is 1. The Morgan fingerprint density at radius 3 is 2.50 bits per heavy atom. The lowest BCUT2D eigenvalue weighted by Gasteiger charge is -2.17. The lowest BCUT2D eigenvalue weighted by molar-refractivity contribution is 0.624. The molecule has 0 bridgehead atoms. The van der Waals surface area contributed by atoms with E-state index in [-0.39, 0.29) is 11.6 Å². The predicted octanol–water partition coefficient (Wildman–Crippen LogP) is 4.49. The molecule has 20 heavy (non-hydrogen) atoms. The van der Waals surface area contributed by atoms with Crippen molar-refractivity contribution < 1.29 is 4.39 Å². The number of rotatable bonds is 3. The van der Waals surface area contributed by atoms with Gasteiger partial charge in [-0.1, -0.05) is 18.2 Å². The van der Waals surface area contributed by atoms with Crippen LogP contribution in [-0.4, -0.2) is 0 Å². The summed E-state index contributed by atoms with van der Waals surface area (Å²) in [6, 6.07) is 12.7. The van der Waals surface area contributed by atoms with E-state index in [9.17, 15) is 4.39 Å². The Balaban J connectivity index is 2.21. The number of benzene rings is 2. The molecule has 2 aromatic carbocycles. The molecule has 1 N–H and O–H groups in total. The fourth-order valence-corrected chi connectivity index (χ4v) is 2.07. The molecule has 102 valence electrons. The third kappa shape index (κ3) is 2.97. The first kappa shape index (κ1) is 14.1. The first-order chi connectivity index (χ1) is 9.51. The summed E-state index contributed by atoms with van der Waals surface area (Å²) in [5.74, 6) is -0.489. The molecule has 3 heteroatoms. The molecule has 0 saturated carbocycles. The molecule has 2 aromatic rings. The summed E-state index contributed by atoms with van der Waals surface area (Å²) >= 11 is 0. The Morgan fingerprint density at radius 1 is 1.10 bits per heavy atom. The molecule has 0 aliphatic carbocycles. The maximum atomic E-state index is 13.3. The molecule has 2 rings (SSSR count). The number of nitrogens with one attached hydrogen (secondary N) is 1. The largest absolute Gasteiger partial charge is 0.378 e. The lowest BCUT2D eigenvalue weighted by Crippen LogP contribution is -2.07. The quantitative estimate of drug-likeness (QED) is 0.890. The zero-order valence-corrected chi connectivity index (χ0v) is 11.9. The van der Waals surface area contributed by atoms with Gasteiger partial charge < -0.3 is 5.32 Å². The molecule has 1 unspecified atom stereocenters. The second-order valence-corrected chi connectivity index (χ2v) is 5.02. The van der Waals surface area contributed by atoms with Crippen LogP contribution in [0.4, 0.5) is 10.1 Å². The van der Waals surface area contributed by atoms with Gasteiger partial charge in [0.25, 0.3) is 0 Å². The number of nitrogens with zero attached hydrogens (tertiary/aromatic N) is 1. The van der Waals surface area contributed by atoms with Crippen molar-refractivity contribution in [3.63, 3.8) is 0 Å². The van der Waals surface area contributed by atoms with E-state index >= 15 is 0 Å². The fourth-order valence-electron chi connectivity index (χ4n) is 2.07. The van der Waals surface area contributed by atoms with Crippen molar-refractivity contribution in [3.8, 4) is 6.07 Å². The minimum absolute atomic E-state index is 0.0577. The lowest BCUT2D eigenvalue weighted by atomic mass is 10.0. The highest BCUT2D eigenvalue weighted by Gasteiger charge is 2.08. The van der Waals surface area contributed by atoms with E-state index in [2.05, 4.69) is 37.4 Å². The number of hydrogen-bond acceptors (Lipinski definition) is 2. The van der Waals surface area contributed by atoms with E-state index in [1.807, 2.05) is 13.0 Å². The smallest absolute Gasteiger partial charge is 0.141 e. The summed E-state index contributed by atoms with van der Waals surface area (Å²) in [6.07, 6.45) is 0. The van der Waals surface area contributed by atoms with Crippen LogP contribution in [0.5, 0.6) is 0 Å². The first-order valence-corrected chi connectivity index (χ1v) is 6.54. The highest BCUT2D eigenvalue weighted by Crippen LogP contribution is 2.22. The Labute approximate surface area is 118 Å². The van der Waals surface area contributed by atoms with Crippen LogP contribution in [0.2, 0.25) is 0 Å². The molecule has 0 aliphatic heterocycles. The van der Waals surface area contributed by atoms with Gasteiger partial charge in [-0.15, -0.1) is 0 Å². The van der Waals surface area contributed by atoms with Gasteiger partial charge in [0, 0.05) is 11.7 Å². The zero-order valence-electron chi connectivity index (χ0n) is 11.9. The van der Waals surface area contributed by atoms with E-state index in [0.29, 0.717) is 0 Å². The van der Waals surface area contributed by atoms with E-state index in [0.717, 1.165) is 11.3 Å². The van der Waals surface area contributed by atoms with E-state index in [1.165, 1.54) is 23.3 Å². The van der Waals surface area contributed by atoms with Gasteiger partial charge in [-0.25, -0.2) is 4.39 Å². The summed E-state index contributed by atoms with van der Waals surface area (Å²) in [6.45, 7) is 6.20. The monoisotopic (exact) mass is 268 g/mol. The van der Waals surface area contributed by atoms with Crippen LogP contribution < -0.4 is 5.32 Å². The normalized spacial score (nSPS) is 11.8. The predicted molar refractivity (Wildman–Crippen MR) is 79.1 cm³/mol. The highest BCUT2D eigenvalue weighted by molar-refractivity contribution is 5.51. The van der Waals surface area contributed by atoms with E-state index < -0.39 is 5.82 Å². The first-order valence-electron chi connectivity index (χ1n) is 6.54. The molecular formula is C17H17FN2. The molecule has 0 fully saturated rings. The fraction of sp³-hybridized carbons (Fsp3) is 0.235. The molecule has 0 aromatic heterocycles. The van der Waals surface area contributed by atoms with Gasteiger partial charge >= 0.3 is 0 Å². The maximum Gasteiger partial charge on any atom is 0.141 e. The minimum atomic E-state index is -0.489. The van der Waals surface area contributed by atoms with Crippen LogP contribution in [-0.2, 0) is 0 Å². The van der Waals surface area contributed by atoms with Gasteiger partial charge in [-0.2, -0.15) is 5.26 Å². The Hall–Kier alpha value is -2.34. The van der Waals surface area contributed by atoms with Crippen LogP contribution >= 0.6 is 0 Å². The van der Waals surface area contributed by atoms with Gasteiger partial charge in [0.1, 0.15) is 11.9 Å². The highest BCUT2D eigenvalue weighted by atomic mass is 19.1. The van der Waals surface area contributed by atoms with E-state index in [1.54, 1.807) is 6.07 Å². The molecule has 0 heterocycles. The minimum Gasteiger partial charge on any atom is -0.378 e. The van der Waals surface area contributed by atoms with Crippen molar-refractivity contribution in [3.05, 3.63) is 64.5 Å². The standard InChI is InChI=1S/C17H17FN2/c1-11-4-5-14(8-12(11)2)13(3)20-16-6-7-17(18)15(9-16)10-19/h4-9,13,20H,1-3H3. The van der Waals surface area contributed by atoms with Crippen molar-refractivity contribution in [2.24, 2.45) is 0 Å². The van der Waals surface area contributed by atoms with Gasteiger partial charge in [0.05, 0.1) is 5.56 Å². The second-order valence-electron chi connectivity index (χ2n) is 5.02. The van der Waals surface area contributed by atoms with Crippen molar-refractivity contribution in [2.75, 3.05) is 5.32 Å². The molecule has 0 radical (unpaired) electrons. The van der Waals surface area contributed by atoms with Crippen molar-refractivity contribution >= 4 is 5.69 Å². The number of hydrogen-bond donors (Lipinski definition) is 1. The summed E-state index contributed by atoms with van der Waals surface area (Å²) in [7, 11) is 0. The summed E-state index contributed by atoms with van der Waals surface area (Å²) in [5.41, 5.74) is 4.47. The Morgan fingerprint density at radius 2 is 1.85 bits per heavy atom. The van der Waals surface area contributed by atoms with Gasteiger partial charge in [0.2, 0.25) is 0 Å². The third-order valence-electron chi connectivity index (χ3n) is 3.50. The average Bonchev–Trinajstić information content (AvgIpc) is 2.43. The van der Waals surface area contributed by atoms with Crippen molar-refractivity contribution in [1.82, 2.24) is 0 Å². The van der Waals surface area contributed by atoms with Gasteiger partial charge in [0.15, 0.2) is 0 Å². The summed E-state index contributed by atoms with van der Waals surface area (Å²) in [4.78, 5) is 0. The third-order valence-corrected chi connectivity index (χ3v) is 3.50. The van der Waals surface area contributed by atoms with Crippen LogP contribution in [0.3, 0.4) is 0 Å². The summed E-state index contributed by atoms with van der Waals surface area (Å²) in [5, 5.41) is 12.1. The molecule has 0 amide bonds. The molecule has 1 atom stereocenters. The maximum absolute atomic E-state index is 13.3. The average molecular weight is 268 g/mol. The summed E-state index contributed by atoms with van der Waals surface area (Å²) < 4.78 is 13.3. The number of nitriles is 1. The molecule has 0 saturated heterocycles. The van der Waals surface area contributed by atoms with Crippen LogP contribution in [0.25, 0.3) is 0 Å². The number of anilines is 1. The number of aryl methyl sites for hydroxylation is 2. The molecular weight excluding hydrogens is 251 g/mol. The molecule has 0 aliphatic rings. The van der Waals surface area contributed by atoms with Gasteiger partial charge in [-0.3, -0.25) is 0 Å².